The molecule has 3 heterocycles. The predicted octanol–water partition coefficient (Wildman–Crippen LogP) is 9.17. The number of imidazole rings is 1. The lowest BCUT2D eigenvalue weighted by Crippen LogP contribution is -2.54. The molecule has 4 atom stereocenters. The molecular weight excluding hydrogens is 654 g/mol. The number of aromatic nitrogens is 4. The third kappa shape index (κ3) is 7.93. The number of hydrogen-bond acceptors (Lipinski definition) is 9. The van der Waals surface area contributed by atoms with Gasteiger partial charge in [0.05, 0.1) is 12.1 Å². The van der Waals surface area contributed by atoms with Crippen LogP contribution in [0.25, 0.3) is 11.2 Å². The van der Waals surface area contributed by atoms with Gasteiger partial charge in [0.2, 0.25) is 5.95 Å². The van der Waals surface area contributed by atoms with Gasteiger partial charge in [-0.25, -0.2) is 20.0 Å². The minimum absolute atomic E-state index is 0.0172. The van der Waals surface area contributed by atoms with Gasteiger partial charge in [0.25, 0.3) is 0 Å². The highest BCUT2D eigenvalue weighted by molar-refractivity contribution is 6.75. The number of hydrogen-bond donors (Lipinski definition) is 1. The zero-order valence-corrected chi connectivity index (χ0v) is 35.5. The standard InChI is InChI=1S/C32H62ClN5O5Si3/c1-29(2,3)38(39)28-36-22-25(33)34-20-35-26(22)37(28)27-24(43-46(17,18)32(10,11)12)23(42-45(15,16)31(7,8)9)21(41-27)19-40-44(13,14)30(4,5)6/h20-21,23-24,27,39H,19H2,1-18H3/t21-,23-,24-,27-/m1/s1. The minimum atomic E-state index is -2.41. The Morgan fingerprint density at radius 2 is 1.28 bits per heavy atom. The van der Waals surface area contributed by atoms with E-state index in [0.29, 0.717) is 17.8 Å². The molecule has 0 aliphatic carbocycles. The smallest absolute Gasteiger partial charge is 0.234 e. The number of hydroxylamine groups is 1. The third-order valence-electron chi connectivity index (χ3n) is 10.7. The summed E-state index contributed by atoms with van der Waals surface area (Å²) in [5.74, 6) is 0.246. The molecule has 0 aromatic carbocycles. The molecule has 1 aliphatic rings. The van der Waals surface area contributed by atoms with Crippen molar-refractivity contribution in [3.8, 4) is 0 Å². The lowest BCUT2D eigenvalue weighted by molar-refractivity contribution is -0.0477. The molecular formula is C32H62ClN5O5Si3. The first-order chi connectivity index (χ1) is 20.4. The van der Waals surface area contributed by atoms with E-state index in [0.717, 1.165) is 5.06 Å². The molecule has 3 rings (SSSR count). The van der Waals surface area contributed by atoms with E-state index >= 15 is 0 Å². The maximum atomic E-state index is 11.6. The summed E-state index contributed by atoms with van der Waals surface area (Å²) in [5.41, 5.74) is 0.124. The number of nitrogens with zero attached hydrogens (tertiary/aromatic N) is 5. The van der Waals surface area contributed by atoms with Crippen molar-refractivity contribution in [1.29, 1.82) is 0 Å². The molecule has 2 aromatic heterocycles. The average Bonchev–Trinajstić information content (AvgIpc) is 3.38. The molecule has 0 radical (unpaired) electrons. The fraction of sp³-hybridized carbons (Fsp3) is 0.844. The molecule has 0 saturated carbocycles. The summed E-state index contributed by atoms with van der Waals surface area (Å²) in [6, 6.07) is 0. The molecule has 1 fully saturated rings. The van der Waals surface area contributed by atoms with Crippen LogP contribution in [-0.4, -0.2) is 80.1 Å². The van der Waals surface area contributed by atoms with Gasteiger partial charge in [-0.1, -0.05) is 73.9 Å². The van der Waals surface area contributed by atoms with Crippen molar-refractivity contribution < 1.29 is 23.2 Å². The second kappa shape index (κ2) is 12.8. The first-order valence-corrected chi connectivity index (χ1v) is 25.6. The van der Waals surface area contributed by atoms with Gasteiger partial charge in [-0.2, -0.15) is 0 Å². The lowest BCUT2D eigenvalue weighted by Gasteiger charge is -2.44. The Labute approximate surface area is 286 Å². The molecule has 46 heavy (non-hydrogen) atoms. The van der Waals surface area contributed by atoms with E-state index in [4.69, 9.17) is 34.6 Å². The Bertz CT molecular complexity index is 1380. The monoisotopic (exact) mass is 715 g/mol. The Morgan fingerprint density at radius 3 is 1.74 bits per heavy atom. The number of anilines is 1. The average molecular weight is 717 g/mol. The van der Waals surface area contributed by atoms with Crippen LogP contribution in [0.4, 0.5) is 5.95 Å². The van der Waals surface area contributed by atoms with Gasteiger partial charge >= 0.3 is 0 Å². The SMILES string of the molecule is CC(C)(C)N(O)c1nc2c(Cl)ncnc2n1[C@@H]1O[C@H](CO[Si](C)(C)C(C)(C)C)[C@@H](O[Si](C)(C)C(C)(C)C)[C@H]1O[Si](C)(C)C(C)(C)C. The highest BCUT2D eigenvalue weighted by atomic mass is 35.5. The van der Waals surface area contributed by atoms with Crippen molar-refractivity contribution in [3.63, 3.8) is 0 Å². The summed E-state index contributed by atoms with van der Waals surface area (Å²) >= 11 is 6.58. The molecule has 2 aromatic rings. The second-order valence-electron chi connectivity index (χ2n) is 18.4. The Kier molecular flexibility index (Phi) is 11.0. The molecule has 0 spiro atoms. The van der Waals surface area contributed by atoms with Crippen LogP contribution in [0.15, 0.2) is 6.33 Å². The summed E-state index contributed by atoms with van der Waals surface area (Å²) in [6.45, 7) is 39.7. The van der Waals surface area contributed by atoms with Crippen LogP contribution in [0.1, 0.15) is 89.3 Å². The number of ether oxygens (including phenoxy) is 1. The van der Waals surface area contributed by atoms with Crippen LogP contribution in [0.5, 0.6) is 0 Å². The molecule has 1 saturated heterocycles. The summed E-state index contributed by atoms with van der Waals surface area (Å²) in [7, 11) is -6.91. The van der Waals surface area contributed by atoms with Crippen molar-refractivity contribution in [3.05, 3.63) is 11.5 Å². The van der Waals surface area contributed by atoms with Gasteiger partial charge in [0, 0.05) is 0 Å². The maximum absolute atomic E-state index is 11.6. The van der Waals surface area contributed by atoms with Gasteiger partial charge in [0.1, 0.15) is 30.2 Å². The zero-order valence-electron chi connectivity index (χ0n) is 31.8. The van der Waals surface area contributed by atoms with Gasteiger partial charge < -0.3 is 18.0 Å². The lowest BCUT2D eigenvalue weighted by atomic mass is 10.1. The molecule has 0 unspecified atom stereocenters. The van der Waals surface area contributed by atoms with Crippen molar-refractivity contribution in [2.45, 2.75) is 168 Å². The van der Waals surface area contributed by atoms with Crippen LogP contribution < -0.4 is 5.06 Å². The van der Waals surface area contributed by atoms with E-state index < -0.39 is 55.0 Å². The minimum Gasteiger partial charge on any atom is -0.414 e. The normalized spacial score (nSPS) is 22.6. The van der Waals surface area contributed by atoms with Crippen molar-refractivity contribution in [2.75, 3.05) is 11.7 Å². The van der Waals surface area contributed by atoms with Crippen LogP contribution >= 0.6 is 11.6 Å². The van der Waals surface area contributed by atoms with E-state index in [9.17, 15) is 5.21 Å². The molecule has 0 amide bonds. The number of fused-ring (bicyclic) bond motifs is 1. The summed E-state index contributed by atoms with van der Waals surface area (Å²) in [5, 5.41) is 12.8. The van der Waals surface area contributed by atoms with E-state index in [-0.39, 0.29) is 26.2 Å². The molecule has 10 nitrogen and oxygen atoms in total. The van der Waals surface area contributed by atoms with Gasteiger partial charge in [-0.15, -0.1) is 0 Å². The molecule has 1 N–H and O–H groups in total. The first kappa shape index (κ1) is 39.5. The van der Waals surface area contributed by atoms with E-state index in [1.165, 1.54) is 6.33 Å². The predicted molar refractivity (Wildman–Crippen MR) is 196 cm³/mol. The summed E-state index contributed by atoms with van der Waals surface area (Å²) in [6.07, 6.45) is -0.797. The molecule has 0 bridgehead atoms. The number of rotatable bonds is 9. The fourth-order valence-corrected chi connectivity index (χ4v) is 8.20. The van der Waals surface area contributed by atoms with Gasteiger partial charge in [0.15, 0.2) is 42.0 Å². The van der Waals surface area contributed by atoms with Crippen LogP contribution in [0.2, 0.25) is 59.5 Å². The second-order valence-corrected chi connectivity index (χ2v) is 33.1. The van der Waals surface area contributed by atoms with Crippen LogP contribution in [-0.2, 0) is 18.0 Å². The van der Waals surface area contributed by atoms with Crippen molar-refractivity contribution in [2.24, 2.45) is 0 Å². The Balaban J connectivity index is 2.33. The largest absolute Gasteiger partial charge is 0.414 e. The fourth-order valence-electron chi connectivity index (χ4n) is 4.41. The highest BCUT2D eigenvalue weighted by Crippen LogP contribution is 2.48. The molecule has 14 heteroatoms. The van der Waals surface area contributed by atoms with Crippen molar-refractivity contribution in [1.82, 2.24) is 19.5 Å². The first-order valence-electron chi connectivity index (χ1n) is 16.5. The zero-order chi connectivity index (χ0) is 35.6. The van der Waals surface area contributed by atoms with E-state index in [1.54, 1.807) is 0 Å². The highest BCUT2D eigenvalue weighted by Gasteiger charge is 2.56. The van der Waals surface area contributed by atoms with E-state index in [1.807, 2.05) is 25.3 Å². The van der Waals surface area contributed by atoms with Crippen molar-refractivity contribution >= 4 is 53.7 Å². The summed E-state index contributed by atoms with van der Waals surface area (Å²) < 4.78 is 30.4. The Morgan fingerprint density at radius 1 is 0.804 bits per heavy atom. The topological polar surface area (TPSA) is 104 Å². The number of halogens is 1. The third-order valence-corrected chi connectivity index (χ3v) is 24.4. The quantitative estimate of drug-likeness (QED) is 0.155. The van der Waals surface area contributed by atoms with E-state index in [2.05, 4.69) is 112 Å². The maximum Gasteiger partial charge on any atom is 0.234 e. The molecule has 1 aliphatic heterocycles. The Hall–Kier alpha value is -0.909. The summed E-state index contributed by atoms with van der Waals surface area (Å²) in [4.78, 5) is 13.6. The molecule has 264 valence electrons. The van der Waals surface area contributed by atoms with Gasteiger partial charge in [-0.3, -0.25) is 9.77 Å². The van der Waals surface area contributed by atoms with Gasteiger partial charge in [-0.05, 0) is 75.2 Å². The van der Waals surface area contributed by atoms with Crippen LogP contribution in [0.3, 0.4) is 0 Å². The van der Waals surface area contributed by atoms with Crippen LogP contribution in [0, 0.1) is 0 Å².